The van der Waals surface area contributed by atoms with Crippen molar-refractivity contribution < 1.29 is 29.0 Å². The van der Waals surface area contributed by atoms with E-state index in [4.69, 9.17) is 9.47 Å². The zero-order valence-corrected chi connectivity index (χ0v) is 22.5. The van der Waals surface area contributed by atoms with Gasteiger partial charge in [0.05, 0.1) is 25.3 Å². The van der Waals surface area contributed by atoms with Crippen LogP contribution in [0.15, 0.2) is 29.8 Å². The molecule has 1 atom stereocenters. The van der Waals surface area contributed by atoms with Gasteiger partial charge < -0.3 is 29.4 Å². The third kappa shape index (κ3) is 5.56. The smallest absolute Gasteiger partial charge is 0.354 e. The van der Waals surface area contributed by atoms with Crippen molar-refractivity contribution in [2.24, 2.45) is 0 Å². The monoisotopic (exact) mass is 511 g/mol. The van der Waals surface area contributed by atoms with Gasteiger partial charge in [-0.15, -0.1) is 0 Å². The van der Waals surface area contributed by atoms with Crippen LogP contribution in [0.2, 0.25) is 0 Å². The van der Waals surface area contributed by atoms with Crippen molar-refractivity contribution in [2.45, 2.75) is 47.1 Å². The molecule has 0 spiro atoms. The first kappa shape index (κ1) is 28.0. The largest absolute Gasteiger partial charge is 0.507 e. The molecule has 1 aromatic carbocycles. The topological polar surface area (TPSA) is 112 Å². The molecule has 2 heterocycles. The number of benzene rings is 1. The SMILES string of the molecule is CCOc1cccc(C2/C(=C(\O)c3c(C)[nH]c(C(=O)OC)c3C)C(=O)C(=O)N2CCCN(CC)CC)c1. The van der Waals surface area contributed by atoms with Crippen molar-refractivity contribution in [1.82, 2.24) is 14.8 Å². The Kier molecular flexibility index (Phi) is 9.15. The minimum atomic E-state index is -0.799. The molecule has 0 aliphatic carbocycles. The number of H-pyrrole nitrogens is 1. The predicted molar refractivity (Wildman–Crippen MR) is 141 cm³/mol. The first-order valence-corrected chi connectivity index (χ1v) is 12.7. The second-order valence-corrected chi connectivity index (χ2v) is 9.00. The fourth-order valence-electron chi connectivity index (χ4n) is 4.95. The standard InChI is InChI=1S/C28H37N3O6/c1-7-30(8-2)14-11-15-31-24(19-12-10-13-20(16-19)37-9-3)22(26(33)27(31)34)25(32)21-17(4)23(28(35)36-6)29-18(21)5/h10,12-13,16,24,29,32H,7-9,11,14-15H2,1-6H3/b25-22+. The molecular weight excluding hydrogens is 474 g/mol. The van der Waals surface area contributed by atoms with Crippen LogP contribution in [0.3, 0.4) is 0 Å². The highest BCUT2D eigenvalue weighted by atomic mass is 16.5. The number of methoxy groups -OCH3 is 1. The molecule has 37 heavy (non-hydrogen) atoms. The second kappa shape index (κ2) is 12.1. The number of aromatic amines is 1. The summed E-state index contributed by atoms with van der Waals surface area (Å²) in [4.78, 5) is 45.6. The van der Waals surface area contributed by atoms with Crippen LogP contribution in [-0.4, -0.2) is 77.4 Å². The number of ether oxygens (including phenoxy) is 2. The van der Waals surface area contributed by atoms with E-state index in [1.54, 1.807) is 26.0 Å². The van der Waals surface area contributed by atoms with Crippen LogP contribution >= 0.6 is 0 Å². The predicted octanol–water partition coefficient (Wildman–Crippen LogP) is 3.97. The third-order valence-electron chi connectivity index (χ3n) is 6.86. The van der Waals surface area contributed by atoms with Crippen LogP contribution in [0.25, 0.3) is 5.76 Å². The summed E-state index contributed by atoms with van der Waals surface area (Å²) in [5.41, 5.74) is 2.08. The summed E-state index contributed by atoms with van der Waals surface area (Å²) in [6, 6.07) is 6.43. The Morgan fingerprint density at radius 1 is 1.16 bits per heavy atom. The number of amides is 1. The zero-order valence-electron chi connectivity index (χ0n) is 22.5. The Morgan fingerprint density at radius 2 is 1.86 bits per heavy atom. The number of hydrogen-bond donors (Lipinski definition) is 2. The van der Waals surface area contributed by atoms with Crippen molar-refractivity contribution in [2.75, 3.05) is 39.9 Å². The molecule has 2 aromatic rings. The molecule has 3 rings (SSSR count). The molecule has 200 valence electrons. The van der Waals surface area contributed by atoms with E-state index in [9.17, 15) is 19.5 Å². The van der Waals surface area contributed by atoms with Crippen LogP contribution in [0.1, 0.15) is 66.1 Å². The van der Waals surface area contributed by atoms with E-state index >= 15 is 0 Å². The van der Waals surface area contributed by atoms with Crippen LogP contribution in [0.5, 0.6) is 5.75 Å². The fourth-order valence-corrected chi connectivity index (χ4v) is 4.95. The summed E-state index contributed by atoms with van der Waals surface area (Å²) in [7, 11) is 1.27. The normalized spacial score (nSPS) is 17.1. The second-order valence-electron chi connectivity index (χ2n) is 9.00. The van der Waals surface area contributed by atoms with Crippen LogP contribution in [0.4, 0.5) is 0 Å². The Bertz CT molecular complexity index is 1190. The Hall–Kier alpha value is -3.59. The number of hydrogen-bond acceptors (Lipinski definition) is 7. The lowest BCUT2D eigenvalue weighted by Crippen LogP contribution is -2.33. The number of esters is 1. The molecule has 1 aliphatic heterocycles. The summed E-state index contributed by atoms with van der Waals surface area (Å²) in [5, 5.41) is 11.5. The molecule has 1 aromatic heterocycles. The van der Waals surface area contributed by atoms with Gasteiger partial charge in [0.2, 0.25) is 0 Å². The molecule has 1 saturated heterocycles. The van der Waals surface area contributed by atoms with Crippen molar-refractivity contribution in [3.05, 3.63) is 57.9 Å². The van der Waals surface area contributed by atoms with E-state index in [-0.39, 0.29) is 17.0 Å². The third-order valence-corrected chi connectivity index (χ3v) is 6.86. The van der Waals surface area contributed by atoms with Crippen molar-refractivity contribution in [1.29, 1.82) is 0 Å². The summed E-state index contributed by atoms with van der Waals surface area (Å²) < 4.78 is 10.5. The molecule has 0 bridgehead atoms. The lowest BCUT2D eigenvalue weighted by molar-refractivity contribution is -0.140. The quantitative estimate of drug-likeness (QED) is 0.203. The molecule has 0 radical (unpaired) electrons. The zero-order chi connectivity index (χ0) is 27.3. The molecule has 1 aliphatic rings. The van der Waals surface area contributed by atoms with E-state index in [0.29, 0.717) is 47.7 Å². The molecule has 9 nitrogen and oxygen atoms in total. The van der Waals surface area contributed by atoms with Crippen LogP contribution in [0, 0.1) is 13.8 Å². The van der Waals surface area contributed by atoms with Gasteiger partial charge in [-0.1, -0.05) is 26.0 Å². The number of aliphatic hydroxyl groups excluding tert-OH is 1. The number of ketones is 1. The average molecular weight is 512 g/mol. The number of nitrogens with one attached hydrogen (secondary N) is 1. The van der Waals surface area contributed by atoms with Crippen molar-refractivity contribution in [3.63, 3.8) is 0 Å². The van der Waals surface area contributed by atoms with Gasteiger partial charge in [0, 0.05) is 17.8 Å². The minimum Gasteiger partial charge on any atom is -0.507 e. The highest BCUT2D eigenvalue weighted by Gasteiger charge is 2.46. The Balaban J connectivity index is 2.14. The number of aryl methyl sites for hydroxylation is 1. The fraction of sp³-hybridized carbons (Fsp3) is 0.464. The maximum Gasteiger partial charge on any atom is 0.354 e. The van der Waals surface area contributed by atoms with Gasteiger partial charge in [0.1, 0.15) is 17.2 Å². The number of carbonyl (C=O) groups is 3. The lowest BCUT2D eigenvalue weighted by atomic mass is 9.94. The average Bonchev–Trinajstić information content (AvgIpc) is 3.33. The molecule has 9 heteroatoms. The first-order chi connectivity index (χ1) is 17.7. The van der Waals surface area contributed by atoms with E-state index in [1.807, 2.05) is 19.1 Å². The van der Waals surface area contributed by atoms with Crippen LogP contribution < -0.4 is 4.74 Å². The molecular formula is C28H37N3O6. The Labute approximate surface area is 218 Å². The van der Waals surface area contributed by atoms with E-state index < -0.39 is 23.7 Å². The van der Waals surface area contributed by atoms with Gasteiger partial charge in [-0.25, -0.2) is 4.79 Å². The molecule has 1 unspecified atom stereocenters. The lowest BCUT2D eigenvalue weighted by Gasteiger charge is -2.27. The number of aliphatic hydroxyl groups is 1. The number of likely N-dealkylation sites (tertiary alicyclic amines) is 1. The molecule has 2 N–H and O–H groups in total. The van der Waals surface area contributed by atoms with E-state index in [1.165, 1.54) is 12.0 Å². The van der Waals surface area contributed by atoms with Crippen molar-refractivity contribution >= 4 is 23.4 Å². The number of rotatable bonds is 11. The van der Waals surface area contributed by atoms with Crippen molar-refractivity contribution in [3.8, 4) is 5.75 Å². The van der Waals surface area contributed by atoms with Gasteiger partial charge >= 0.3 is 5.97 Å². The summed E-state index contributed by atoms with van der Waals surface area (Å²) in [6.45, 7) is 12.8. The summed E-state index contributed by atoms with van der Waals surface area (Å²) in [6.07, 6.45) is 0.672. The number of Topliss-reactive ketones (excluding diaryl/α,β-unsaturated/α-hetero) is 1. The minimum absolute atomic E-state index is 0.0110. The summed E-state index contributed by atoms with van der Waals surface area (Å²) >= 11 is 0. The number of nitrogens with zero attached hydrogens (tertiary/aromatic N) is 2. The van der Waals surface area contributed by atoms with Gasteiger partial charge in [-0.2, -0.15) is 0 Å². The van der Waals surface area contributed by atoms with E-state index in [0.717, 1.165) is 19.6 Å². The van der Waals surface area contributed by atoms with Gasteiger partial charge in [0.15, 0.2) is 0 Å². The van der Waals surface area contributed by atoms with Gasteiger partial charge in [0.25, 0.3) is 11.7 Å². The van der Waals surface area contributed by atoms with Crippen LogP contribution in [-0.2, 0) is 14.3 Å². The number of carbonyl (C=O) groups excluding carboxylic acids is 3. The van der Waals surface area contributed by atoms with Gasteiger partial charge in [-0.3, -0.25) is 9.59 Å². The highest BCUT2D eigenvalue weighted by Crippen LogP contribution is 2.41. The van der Waals surface area contributed by atoms with E-state index in [2.05, 4.69) is 23.7 Å². The van der Waals surface area contributed by atoms with Gasteiger partial charge in [-0.05, 0) is 70.1 Å². The summed E-state index contributed by atoms with van der Waals surface area (Å²) in [5.74, 6) is -1.72. The molecule has 1 fully saturated rings. The molecule has 0 saturated carbocycles. The maximum absolute atomic E-state index is 13.4. The first-order valence-electron chi connectivity index (χ1n) is 12.7. The number of aromatic nitrogens is 1. The highest BCUT2D eigenvalue weighted by molar-refractivity contribution is 6.46. The maximum atomic E-state index is 13.4. The Morgan fingerprint density at radius 3 is 2.49 bits per heavy atom. The molecule has 1 amide bonds.